The molecule has 0 N–H and O–H groups in total. The van der Waals surface area contributed by atoms with Crippen LogP contribution in [0.15, 0.2) is 4.99 Å². The average molecular weight is 254 g/mol. The maximum Gasteiger partial charge on any atom is 0.0983 e. The minimum atomic E-state index is 1.02. The normalized spacial score (nSPS) is 11.9. The van der Waals surface area contributed by atoms with Crippen molar-refractivity contribution in [3.05, 3.63) is 0 Å². The molecule has 0 aromatic heterocycles. The Hall–Kier alpha value is -0.530. The van der Waals surface area contributed by atoms with Crippen LogP contribution in [0.2, 0.25) is 0 Å². The maximum absolute atomic E-state index is 4.70. The Balaban J connectivity index is 3.44. The van der Waals surface area contributed by atoms with E-state index < -0.39 is 0 Å². The number of hydrogen-bond acceptors (Lipinski definition) is 1. The van der Waals surface area contributed by atoms with Crippen molar-refractivity contribution in [1.29, 1.82) is 0 Å². The Morgan fingerprint density at radius 3 is 1.83 bits per heavy atom. The summed E-state index contributed by atoms with van der Waals surface area (Å²) in [4.78, 5) is 6.86. The summed E-state index contributed by atoms with van der Waals surface area (Å²) in [6, 6.07) is 0. The largest absolute Gasteiger partial charge is 0.366 e. The van der Waals surface area contributed by atoms with Crippen LogP contribution in [0.4, 0.5) is 0 Å². The second kappa shape index (κ2) is 12.9. The molecule has 0 spiro atoms. The van der Waals surface area contributed by atoms with Gasteiger partial charge in [-0.2, -0.15) is 0 Å². The number of nitrogens with zero attached hydrogens (tertiary/aromatic N) is 2. The predicted molar refractivity (Wildman–Crippen MR) is 83.5 cm³/mol. The van der Waals surface area contributed by atoms with Crippen LogP contribution in [0.3, 0.4) is 0 Å². The highest BCUT2D eigenvalue weighted by Gasteiger charge is 1.99. The van der Waals surface area contributed by atoms with Crippen molar-refractivity contribution in [3.63, 3.8) is 0 Å². The summed E-state index contributed by atoms with van der Waals surface area (Å²) in [6.45, 7) is 5.51. The minimum absolute atomic E-state index is 1.02. The molecule has 0 bridgehead atoms. The van der Waals surface area contributed by atoms with Crippen molar-refractivity contribution in [3.8, 4) is 0 Å². The van der Waals surface area contributed by atoms with E-state index in [4.69, 9.17) is 4.99 Å². The SMILES string of the molecule is CCCCCCCCCCN=C(CCC)N(C)C. The predicted octanol–water partition coefficient (Wildman–Crippen LogP) is 4.89. The lowest BCUT2D eigenvalue weighted by molar-refractivity contribution is 0.570. The quantitative estimate of drug-likeness (QED) is 0.291. The average Bonchev–Trinajstić information content (AvgIpc) is 2.35. The van der Waals surface area contributed by atoms with E-state index in [9.17, 15) is 0 Å². The third-order valence-corrected chi connectivity index (χ3v) is 3.30. The van der Waals surface area contributed by atoms with E-state index in [1.165, 1.54) is 63.6 Å². The summed E-state index contributed by atoms with van der Waals surface area (Å²) in [5, 5.41) is 0. The van der Waals surface area contributed by atoms with Crippen LogP contribution in [-0.4, -0.2) is 31.4 Å². The first-order valence-corrected chi connectivity index (χ1v) is 7.93. The fraction of sp³-hybridized carbons (Fsp3) is 0.938. The van der Waals surface area contributed by atoms with Crippen molar-refractivity contribution in [2.75, 3.05) is 20.6 Å². The van der Waals surface area contributed by atoms with Crippen molar-refractivity contribution >= 4 is 5.84 Å². The second-order valence-corrected chi connectivity index (χ2v) is 5.42. The molecule has 0 saturated heterocycles. The van der Waals surface area contributed by atoms with Crippen molar-refractivity contribution < 1.29 is 0 Å². The minimum Gasteiger partial charge on any atom is -0.366 e. The van der Waals surface area contributed by atoms with Crippen LogP contribution in [0.1, 0.15) is 78.1 Å². The molecule has 0 aromatic rings. The van der Waals surface area contributed by atoms with E-state index in [1.807, 2.05) is 0 Å². The van der Waals surface area contributed by atoms with Crippen LogP contribution in [0.5, 0.6) is 0 Å². The number of aliphatic imine (C=N–C) groups is 1. The summed E-state index contributed by atoms with van der Waals surface area (Å²) in [5.74, 6) is 1.26. The van der Waals surface area contributed by atoms with Crippen LogP contribution in [0, 0.1) is 0 Å². The zero-order valence-electron chi connectivity index (χ0n) is 13.2. The van der Waals surface area contributed by atoms with E-state index >= 15 is 0 Å². The highest BCUT2D eigenvalue weighted by molar-refractivity contribution is 5.81. The number of amidine groups is 1. The Kier molecular flexibility index (Phi) is 12.5. The van der Waals surface area contributed by atoms with E-state index in [0.717, 1.165) is 13.0 Å². The zero-order chi connectivity index (χ0) is 13.6. The molecule has 0 unspecified atom stereocenters. The number of hydrogen-bond donors (Lipinski definition) is 0. The monoisotopic (exact) mass is 254 g/mol. The molecule has 108 valence electrons. The lowest BCUT2D eigenvalue weighted by Gasteiger charge is -2.15. The molecule has 0 amide bonds. The Bertz CT molecular complexity index is 197. The van der Waals surface area contributed by atoms with Gasteiger partial charge in [0.2, 0.25) is 0 Å². The third-order valence-electron chi connectivity index (χ3n) is 3.30. The summed E-state index contributed by atoms with van der Waals surface area (Å²) in [5.41, 5.74) is 0. The fourth-order valence-electron chi connectivity index (χ4n) is 2.12. The van der Waals surface area contributed by atoms with E-state index in [1.54, 1.807) is 0 Å². The first kappa shape index (κ1) is 17.5. The van der Waals surface area contributed by atoms with Gasteiger partial charge in [0.05, 0.1) is 5.84 Å². The molecule has 0 radical (unpaired) electrons. The van der Waals surface area contributed by atoms with Gasteiger partial charge in [0, 0.05) is 27.1 Å². The van der Waals surface area contributed by atoms with Crippen LogP contribution in [0.25, 0.3) is 0 Å². The molecular formula is C16H34N2. The molecule has 0 atom stereocenters. The zero-order valence-corrected chi connectivity index (χ0v) is 13.2. The van der Waals surface area contributed by atoms with Crippen LogP contribution < -0.4 is 0 Å². The molecule has 0 aliphatic rings. The molecule has 2 heteroatoms. The van der Waals surface area contributed by atoms with Gasteiger partial charge in [-0.1, -0.05) is 58.8 Å². The lowest BCUT2D eigenvalue weighted by Crippen LogP contribution is -2.22. The Morgan fingerprint density at radius 2 is 1.33 bits per heavy atom. The van der Waals surface area contributed by atoms with E-state index in [-0.39, 0.29) is 0 Å². The smallest absolute Gasteiger partial charge is 0.0983 e. The molecule has 0 aliphatic carbocycles. The lowest BCUT2D eigenvalue weighted by atomic mass is 10.1. The summed E-state index contributed by atoms with van der Waals surface area (Å²) >= 11 is 0. The van der Waals surface area contributed by atoms with Gasteiger partial charge in [-0.25, -0.2) is 0 Å². The summed E-state index contributed by atoms with van der Waals surface area (Å²) in [6.07, 6.45) is 13.3. The molecular weight excluding hydrogens is 220 g/mol. The summed E-state index contributed by atoms with van der Waals surface area (Å²) < 4.78 is 0. The standard InChI is InChI=1S/C16H34N2/c1-5-7-8-9-10-11-12-13-15-17-16(14-6-2)18(3)4/h5-15H2,1-4H3. The van der Waals surface area contributed by atoms with Gasteiger partial charge in [-0.3, -0.25) is 4.99 Å². The molecule has 0 heterocycles. The van der Waals surface area contributed by atoms with Gasteiger partial charge in [0.15, 0.2) is 0 Å². The van der Waals surface area contributed by atoms with Crippen LogP contribution >= 0.6 is 0 Å². The van der Waals surface area contributed by atoms with Gasteiger partial charge in [0.1, 0.15) is 0 Å². The van der Waals surface area contributed by atoms with Crippen LogP contribution in [-0.2, 0) is 0 Å². The third kappa shape index (κ3) is 10.6. The first-order chi connectivity index (χ1) is 8.72. The van der Waals surface area contributed by atoms with Gasteiger partial charge in [0.25, 0.3) is 0 Å². The fourth-order valence-corrected chi connectivity index (χ4v) is 2.12. The molecule has 0 aromatic carbocycles. The van der Waals surface area contributed by atoms with Gasteiger partial charge in [-0.05, 0) is 12.8 Å². The molecule has 18 heavy (non-hydrogen) atoms. The van der Waals surface area contributed by atoms with Gasteiger partial charge < -0.3 is 4.90 Å². The Morgan fingerprint density at radius 1 is 0.778 bits per heavy atom. The van der Waals surface area contributed by atoms with E-state index in [2.05, 4.69) is 32.8 Å². The second-order valence-electron chi connectivity index (χ2n) is 5.42. The number of rotatable bonds is 11. The topological polar surface area (TPSA) is 15.6 Å². The number of unbranched alkanes of at least 4 members (excludes halogenated alkanes) is 7. The van der Waals surface area contributed by atoms with Gasteiger partial charge in [-0.15, -0.1) is 0 Å². The highest BCUT2D eigenvalue weighted by Crippen LogP contribution is 2.08. The molecule has 0 saturated carbocycles. The first-order valence-electron chi connectivity index (χ1n) is 7.93. The van der Waals surface area contributed by atoms with Gasteiger partial charge >= 0.3 is 0 Å². The molecule has 0 fully saturated rings. The van der Waals surface area contributed by atoms with Crippen molar-refractivity contribution in [1.82, 2.24) is 4.90 Å². The van der Waals surface area contributed by atoms with Crippen molar-refractivity contribution in [2.45, 2.75) is 78.1 Å². The Labute approximate surface area is 115 Å². The molecule has 0 rings (SSSR count). The molecule has 2 nitrogen and oxygen atoms in total. The van der Waals surface area contributed by atoms with Crippen molar-refractivity contribution in [2.24, 2.45) is 4.99 Å². The summed E-state index contributed by atoms with van der Waals surface area (Å²) in [7, 11) is 4.20. The maximum atomic E-state index is 4.70. The van der Waals surface area contributed by atoms with E-state index in [0.29, 0.717) is 0 Å². The highest BCUT2D eigenvalue weighted by atomic mass is 15.1. The molecule has 0 aliphatic heterocycles.